The molecule has 2 aliphatic rings. The van der Waals surface area contributed by atoms with Crippen LogP contribution in [0.4, 0.5) is 11.4 Å². The molecule has 1 unspecified atom stereocenters. The topological polar surface area (TPSA) is 211 Å². The Labute approximate surface area is 588 Å². The number of fused-ring (bicyclic) bond motifs is 4. The number of para-hydroxylation sites is 2. The van der Waals surface area contributed by atoms with Gasteiger partial charge < -0.3 is 58.3 Å². The van der Waals surface area contributed by atoms with Gasteiger partial charge in [-0.1, -0.05) is 100 Å². The molecule has 0 aliphatic heterocycles. The number of aliphatic hydroxyl groups is 4. The Bertz CT molecular complexity index is 4710. The fraction of sp³-hybridized carbons (Fsp3) is 0.247. The van der Waals surface area contributed by atoms with Crippen LogP contribution in [0.3, 0.4) is 0 Å². The molecule has 12 rings (SSSR count). The van der Waals surface area contributed by atoms with Gasteiger partial charge in [0.05, 0.1) is 35.5 Å². The second-order valence-corrected chi connectivity index (χ2v) is 29.0. The summed E-state index contributed by atoms with van der Waals surface area (Å²) in [6, 6.07) is 60.5. The Hall–Kier alpha value is -11.6. The molecule has 101 heavy (non-hydrogen) atoms. The van der Waals surface area contributed by atoms with Crippen LogP contribution in [-0.4, -0.2) is 20.4 Å². The van der Waals surface area contributed by atoms with E-state index in [9.17, 15) is 30.9 Å². The number of hydrogen-bond acceptors (Lipinski definition) is 14. The Morgan fingerprint density at radius 1 is 0.327 bits per heavy atom. The molecule has 0 radical (unpaired) electrons. The number of rotatable bonds is 20. The minimum Gasteiger partial charge on any atom is -0.468 e. The standard InChI is InChI=1S/C85H76N4O12/c1-79(2)49-85(63-45-75(99-68-22-16-20-66(60(68)48-87)95-56-37-29-52(30-38-56)82(7,8)91)73(43-61(63)79)98-67-21-15-19-65(59(67)47-86)94-55-35-27-51(28-36-55)81(5,6)90)50-80(3,4)62-44-74(100-71-25-17-23-69(77(71)88-13)96-57-39-31-53(32-40-57)83(9,10)92)76(46-64(62)85)101-72-26-18-24-70(78(72)89-14)97-58-41-33-54(34-42-58)84(11,12)93/h15-46,90-93H,49-50H2,1-12H3. The molecular formula is C85H76N4O12. The lowest BCUT2D eigenvalue weighted by atomic mass is 9.72. The molecule has 0 heterocycles. The molecule has 0 saturated heterocycles. The first-order valence-electron chi connectivity index (χ1n) is 33.0. The highest BCUT2D eigenvalue weighted by Crippen LogP contribution is 2.66. The van der Waals surface area contributed by atoms with Crippen molar-refractivity contribution in [2.45, 2.75) is 135 Å². The summed E-state index contributed by atoms with van der Waals surface area (Å²) in [6.07, 6.45) is 1.10. The van der Waals surface area contributed by atoms with E-state index in [0.29, 0.717) is 58.1 Å². The summed E-state index contributed by atoms with van der Waals surface area (Å²) >= 11 is 0. The van der Waals surface area contributed by atoms with Crippen LogP contribution < -0.4 is 37.9 Å². The Morgan fingerprint density at radius 3 is 0.792 bits per heavy atom. The van der Waals surface area contributed by atoms with Crippen LogP contribution in [0.25, 0.3) is 9.69 Å². The van der Waals surface area contributed by atoms with Gasteiger partial charge in [0.25, 0.3) is 11.4 Å². The molecule has 1 spiro atoms. The summed E-state index contributed by atoms with van der Waals surface area (Å²) in [5, 5.41) is 64.8. The lowest BCUT2D eigenvalue weighted by Gasteiger charge is -2.31. The minimum absolute atomic E-state index is 0.0578. The van der Waals surface area contributed by atoms with Gasteiger partial charge >= 0.3 is 0 Å². The molecule has 0 bridgehead atoms. The van der Waals surface area contributed by atoms with Gasteiger partial charge in [0.1, 0.15) is 92.3 Å². The largest absolute Gasteiger partial charge is 0.468 e. The second kappa shape index (κ2) is 26.2. The molecule has 508 valence electrons. The monoisotopic (exact) mass is 1340 g/mol. The molecule has 1 atom stereocenters. The predicted molar refractivity (Wildman–Crippen MR) is 384 cm³/mol. The highest BCUT2D eigenvalue weighted by atomic mass is 16.5. The van der Waals surface area contributed by atoms with Crippen molar-refractivity contribution in [3.05, 3.63) is 273 Å². The fourth-order valence-electron chi connectivity index (χ4n) is 13.5. The van der Waals surface area contributed by atoms with Gasteiger partial charge in [0.2, 0.25) is 0 Å². The molecule has 0 saturated carbocycles. The summed E-state index contributed by atoms with van der Waals surface area (Å²) in [4.78, 5) is 7.93. The van der Waals surface area contributed by atoms with E-state index in [1.807, 2.05) is 24.3 Å². The molecule has 16 heteroatoms. The lowest BCUT2D eigenvalue weighted by molar-refractivity contribution is 0.0780. The first kappa shape index (κ1) is 69.3. The maximum absolute atomic E-state index is 11.1. The van der Waals surface area contributed by atoms with Crippen LogP contribution in [0, 0.1) is 35.8 Å². The second-order valence-electron chi connectivity index (χ2n) is 29.0. The van der Waals surface area contributed by atoms with Crippen LogP contribution in [0.15, 0.2) is 194 Å². The smallest absolute Gasteiger partial charge is 0.270 e. The maximum atomic E-state index is 11.1. The molecule has 0 aromatic heterocycles. The van der Waals surface area contributed by atoms with Gasteiger partial charge in [-0.25, -0.2) is 9.69 Å². The first-order chi connectivity index (χ1) is 47.8. The van der Waals surface area contributed by atoms with Gasteiger partial charge in [0.15, 0.2) is 23.0 Å². The van der Waals surface area contributed by atoms with Crippen molar-refractivity contribution in [1.29, 1.82) is 10.5 Å². The molecular weight excluding hydrogens is 1270 g/mol. The normalized spacial score (nSPS) is 15.0. The van der Waals surface area contributed by atoms with Crippen LogP contribution in [0.5, 0.6) is 92.0 Å². The van der Waals surface area contributed by atoms with Crippen LogP contribution in [0.1, 0.15) is 152 Å². The van der Waals surface area contributed by atoms with E-state index in [0.717, 1.165) is 22.3 Å². The van der Waals surface area contributed by atoms with Crippen LogP contribution >= 0.6 is 0 Å². The quantitative estimate of drug-likeness (QED) is 0.0523. The van der Waals surface area contributed by atoms with Gasteiger partial charge in [-0.3, -0.25) is 0 Å². The summed E-state index contributed by atoms with van der Waals surface area (Å²) < 4.78 is 53.6. The number of ether oxygens (including phenoxy) is 8. The van der Waals surface area contributed by atoms with Crippen molar-refractivity contribution < 1.29 is 58.3 Å². The van der Waals surface area contributed by atoms with E-state index in [1.54, 1.807) is 225 Å². The maximum Gasteiger partial charge on any atom is 0.270 e. The van der Waals surface area contributed by atoms with E-state index in [4.69, 9.17) is 51.0 Å². The van der Waals surface area contributed by atoms with E-state index < -0.39 is 38.6 Å². The van der Waals surface area contributed by atoms with Gasteiger partial charge in [0, 0.05) is 5.41 Å². The SMILES string of the molecule is [C-]#[N+]c1c(Oc2ccc(C(C)(C)O)cc2)cccc1Oc1cc2c(cc1Oc1cccc(Oc3ccc(C(C)(C)O)cc3)c1[N+]#[C-])C1(CC(C)(C)c3cc(Oc4cccc(Oc5ccc(C(C)(C)O)cc5)c4C#N)c(Oc4cccc(Oc5ccc(C(C)(C)O)cc5)c4C#N)cc31)CC2(C)C. The molecule has 10 aromatic rings. The Morgan fingerprint density at radius 2 is 0.545 bits per heavy atom. The molecule has 4 N–H and O–H groups in total. The van der Waals surface area contributed by atoms with Crippen molar-refractivity contribution in [2.24, 2.45) is 0 Å². The van der Waals surface area contributed by atoms with Crippen molar-refractivity contribution in [3.63, 3.8) is 0 Å². The third-order valence-electron chi connectivity index (χ3n) is 18.5. The summed E-state index contributed by atoms with van der Waals surface area (Å²) in [5.74, 6) is 3.95. The van der Waals surface area contributed by atoms with Crippen LogP contribution in [-0.2, 0) is 38.6 Å². The molecule has 10 aromatic carbocycles. The molecule has 0 amide bonds. The number of nitrogens with zero attached hydrogens (tertiary/aromatic N) is 4. The van der Waals surface area contributed by atoms with Gasteiger partial charge in [-0.2, -0.15) is 10.5 Å². The first-order valence-corrected chi connectivity index (χ1v) is 33.0. The number of benzene rings is 10. The summed E-state index contributed by atoms with van der Waals surface area (Å²) in [6.45, 7) is 39.4. The van der Waals surface area contributed by atoms with Gasteiger partial charge in [-0.05, 0) is 245 Å². The zero-order valence-corrected chi connectivity index (χ0v) is 58.2. The summed E-state index contributed by atoms with van der Waals surface area (Å²) in [7, 11) is 0. The highest BCUT2D eigenvalue weighted by molar-refractivity contribution is 5.73. The van der Waals surface area contributed by atoms with Crippen molar-refractivity contribution in [2.75, 3.05) is 0 Å². The summed E-state index contributed by atoms with van der Waals surface area (Å²) in [5.41, 5.74) is 0.150. The van der Waals surface area contributed by atoms with E-state index in [1.165, 1.54) is 0 Å². The average molecular weight is 1350 g/mol. The van der Waals surface area contributed by atoms with Crippen molar-refractivity contribution in [1.82, 2.24) is 0 Å². The van der Waals surface area contributed by atoms with E-state index in [2.05, 4.69) is 49.5 Å². The average Bonchev–Trinajstić information content (AvgIpc) is 1.52. The Kier molecular flexibility index (Phi) is 18.0. The third kappa shape index (κ3) is 14.1. The van der Waals surface area contributed by atoms with E-state index in [-0.39, 0.29) is 91.5 Å². The zero-order chi connectivity index (χ0) is 72.2. The Balaban J connectivity index is 1.01. The van der Waals surface area contributed by atoms with E-state index >= 15 is 0 Å². The van der Waals surface area contributed by atoms with Crippen molar-refractivity contribution in [3.8, 4) is 104 Å². The molecule has 0 fully saturated rings. The third-order valence-corrected chi connectivity index (χ3v) is 18.5. The van der Waals surface area contributed by atoms with Crippen LogP contribution in [0.2, 0.25) is 0 Å². The fourth-order valence-corrected chi connectivity index (χ4v) is 13.5. The minimum atomic E-state index is -1.10. The molecule has 16 nitrogen and oxygen atoms in total. The molecule has 2 aliphatic carbocycles. The predicted octanol–water partition coefficient (Wildman–Crippen LogP) is 21.4. The lowest BCUT2D eigenvalue weighted by Crippen LogP contribution is -2.27. The van der Waals surface area contributed by atoms with Crippen molar-refractivity contribution >= 4 is 11.4 Å². The highest BCUT2D eigenvalue weighted by Gasteiger charge is 2.57. The van der Waals surface area contributed by atoms with Gasteiger partial charge in [-0.15, -0.1) is 0 Å². The zero-order valence-electron chi connectivity index (χ0n) is 58.2. The number of hydrogen-bond donors (Lipinski definition) is 4. The number of nitriles is 2.